The molecule has 5 rings (SSSR count). The topological polar surface area (TPSA) is 52.6 Å². The maximum absolute atomic E-state index is 13.2. The summed E-state index contributed by atoms with van der Waals surface area (Å²) in [6.45, 7) is 15.1. The molecule has 0 saturated heterocycles. The SMILES string of the molecule is C=C(CBr)C1CC[C@]2(COC(=O)C(F)(F)F)CC[C@]3(C)C(CCC4[C@@]5(C)CC[C@H](OC(=O)C(F)(F)F)C(C)(C)C5CC[C@]43C)C12. The van der Waals surface area contributed by atoms with Crippen LogP contribution in [0.5, 0.6) is 0 Å². The van der Waals surface area contributed by atoms with Gasteiger partial charge in [-0.05, 0) is 110 Å². The Kier molecular flexibility index (Phi) is 8.68. The van der Waals surface area contributed by atoms with Gasteiger partial charge in [-0.15, -0.1) is 0 Å². The first kappa shape index (κ1) is 35.1. The van der Waals surface area contributed by atoms with Gasteiger partial charge in [0.15, 0.2) is 0 Å². The van der Waals surface area contributed by atoms with Crippen molar-refractivity contribution in [1.82, 2.24) is 0 Å². The number of carbonyl (C=O) groups excluding carboxylic acids is 2. The number of halogens is 7. The predicted molar refractivity (Wildman–Crippen MR) is 160 cm³/mol. The van der Waals surface area contributed by atoms with Crippen molar-refractivity contribution in [3.8, 4) is 0 Å². The third-order valence-corrected chi connectivity index (χ3v) is 15.2. The second-order valence-corrected chi connectivity index (χ2v) is 16.9. The first-order chi connectivity index (χ1) is 20.6. The molecule has 5 fully saturated rings. The largest absolute Gasteiger partial charge is 0.490 e. The first-order valence-electron chi connectivity index (χ1n) is 16.3. The van der Waals surface area contributed by atoms with E-state index in [2.05, 4.69) is 43.3 Å². The number of allylic oxidation sites excluding steroid dienone is 1. The Morgan fingerprint density at radius 2 is 1.42 bits per heavy atom. The van der Waals surface area contributed by atoms with E-state index in [9.17, 15) is 35.9 Å². The van der Waals surface area contributed by atoms with E-state index < -0.39 is 41.2 Å². The van der Waals surface area contributed by atoms with Crippen LogP contribution in [0.4, 0.5) is 26.3 Å². The van der Waals surface area contributed by atoms with Crippen molar-refractivity contribution < 1.29 is 45.4 Å². The van der Waals surface area contributed by atoms with E-state index in [4.69, 9.17) is 9.47 Å². The zero-order valence-corrected chi connectivity index (χ0v) is 28.5. The quantitative estimate of drug-likeness (QED) is 0.123. The molecule has 0 aromatic rings. The Morgan fingerprint density at radius 1 is 0.778 bits per heavy atom. The minimum atomic E-state index is -5.04. The van der Waals surface area contributed by atoms with E-state index in [1.807, 2.05) is 13.8 Å². The summed E-state index contributed by atoms with van der Waals surface area (Å²) in [5.41, 5.74) is -0.550. The molecular formula is C34H47BrF6O4. The first-order valence-corrected chi connectivity index (χ1v) is 17.5. The molecule has 0 spiro atoms. The summed E-state index contributed by atoms with van der Waals surface area (Å²) in [7, 11) is 0. The lowest BCUT2D eigenvalue weighted by Crippen LogP contribution is -2.67. The molecule has 0 radical (unpaired) electrons. The summed E-state index contributed by atoms with van der Waals surface area (Å²) in [4.78, 5) is 23.7. The monoisotopic (exact) mass is 712 g/mol. The van der Waals surface area contributed by atoms with Crippen molar-refractivity contribution in [2.75, 3.05) is 11.9 Å². The average molecular weight is 714 g/mol. The van der Waals surface area contributed by atoms with Crippen molar-refractivity contribution in [2.45, 2.75) is 117 Å². The Bertz CT molecular complexity index is 1220. The Hall–Kier alpha value is -1.26. The highest BCUT2D eigenvalue weighted by molar-refractivity contribution is 9.09. The van der Waals surface area contributed by atoms with E-state index in [0.717, 1.165) is 44.1 Å². The van der Waals surface area contributed by atoms with Crippen LogP contribution in [0.1, 0.15) is 98.8 Å². The van der Waals surface area contributed by atoms with E-state index in [0.29, 0.717) is 36.9 Å². The van der Waals surface area contributed by atoms with Crippen LogP contribution in [0, 0.1) is 56.7 Å². The minimum Gasteiger partial charge on any atom is -0.458 e. The summed E-state index contributed by atoms with van der Waals surface area (Å²) in [6, 6.07) is 0. The van der Waals surface area contributed by atoms with Crippen LogP contribution in [0.15, 0.2) is 12.2 Å². The normalized spacial score (nSPS) is 44.1. The maximum Gasteiger partial charge on any atom is 0.490 e. The van der Waals surface area contributed by atoms with Gasteiger partial charge < -0.3 is 9.47 Å². The molecule has 0 amide bonds. The Morgan fingerprint density at radius 3 is 2.02 bits per heavy atom. The van der Waals surface area contributed by atoms with Gasteiger partial charge in [-0.2, -0.15) is 26.3 Å². The predicted octanol–water partition coefficient (Wildman–Crippen LogP) is 9.60. The molecule has 45 heavy (non-hydrogen) atoms. The Labute approximate surface area is 270 Å². The molecule has 5 unspecified atom stereocenters. The van der Waals surface area contributed by atoms with Gasteiger partial charge in [0.1, 0.15) is 6.10 Å². The van der Waals surface area contributed by atoms with Crippen molar-refractivity contribution in [3.63, 3.8) is 0 Å². The van der Waals surface area contributed by atoms with Crippen LogP contribution in [-0.4, -0.2) is 42.3 Å². The molecule has 0 aliphatic heterocycles. The van der Waals surface area contributed by atoms with Crippen molar-refractivity contribution >= 4 is 27.9 Å². The van der Waals surface area contributed by atoms with Gasteiger partial charge in [0.25, 0.3) is 0 Å². The second kappa shape index (κ2) is 11.1. The van der Waals surface area contributed by atoms with Gasteiger partial charge >= 0.3 is 24.3 Å². The van der Waals surface area contributed by atoms with Crippen molar-refractivity contribution in [1.29, 1.82) is 0 Å². The fourth-order valence-corrected chi connectivity index (χ4v) is 12.6. The van der Waals surface area contributed by atoms with Crippen molar-refractivity contribution in [2.24, 2.45) is 56.7 Å². The maximum atomic E-state index is 13.2. The van der Waals surface area contributed by atoms with Crippen LogP contribution < -0.4 is 0 Å². The van der Waals surface area contributed by atoms with Gasteiger partial charge in [0.05, 0.1) is 6.61 Å². The van der Waals surface area contributed by atoms with Gasteiger partial charge in [-0.1, -0.05) is 62.7 Å². The van der Waals surface area contributed by atoms with Crippen molar-refractivity contribution in [3.05, 3.63) is 12.2 Å². The summed E-state index contributed by atoms with van der Waals surface area (Å²) >= 11 is 3.57. The summed E-state index contributed by atoms with van der Waals surface area (Å²) in [5.74, 6) is -3.54. The highest BCUT2D eigenvalue weighted by Crippen LogP contribution is 2.77. The standard InChI is InChI=1S/C34H47BrF6O4/c1-19(17-35)20-9-14-32(18-44-26(42)33(36,37)38)16-15-30(5)21(25(20)32)7-8-23-29(4)12-11-24(45-27(43)34(39,40)41)28(2,3)22(29)10-13-31(23,30)6/h20-25H,1,7-18H2,2-6H3/t20?,21?,22?,23?,24-,25?,29-,30+,31+,32+/m0/s1. The molecule has 4 nitrogen and oxygen atoms in total. The van der Waals surface area contributed by atoms with E-state index in [1.54, 1.807) is 0 Å². The van der Waals surface area contributed by atoms with Crippen LogP contribution in [0.25, 0.3) is 0 Å². The van der Waals surface area contributed by atoms with Gasteiger partial charge in [-0.25, -0.2) is 9.59 Å². The Balaban J connectivity index is 1.45. The zero-order valence-electron chi connectivity index (χ0n) is 26.9. The molecule has 5 aliphatic carbocycles. The molecule has 0 heterocycles. The number of carbonyl (C=O) groups is 2. The van der Waals surface area contributed by atoms with E-state index >= 15 is 0 Å². The molecular weight excluding hydrogens is 666 g/mol. The van der Waals surface area contributed by atoms with Crippen LogP contribution in [0.2, 0.25) is 0 Å². The molecule has 0 bridgehead atoms. The summed E-state index contributed by atoms with van der Waals surface area (Å²) in [5, 5.41) is 0.602. The lowest BCUT2D eigenvalue weighted by molar-refractivity contribution is -0.258. The average Bonchev–Trinajstić information content (AvgIpc) is 3.32. The van der Waals surface area contributed by atoms with Crippen LogP contribution in [-0.2, 0) is 19.1 Å². The number of hydrogen-bond donors (Lipinski definition) is 0. The third kappa shape index (κ3) is 5.30. The second-order valence-electron chi connectivity index (χ2n) is 16.3. The highest BCUT2D eigenvalue weighted by Gasteiger charge is 2.71. The fraction of sp³-hybridized carbons (Fsp3) is 0.882. The van der Waals surface area contributed by atoms with Crippen LogP contribution in [0.3, 0.4) is 0 Å². The number of alkyl halides is 7. The fourth-order valence-electron chi connectivity index (χ4n) is 12.2. The number of ether oxygens (including phenoxy) is 2. The third-order valence-electron chi connectivity index (χ3n) is 14.4. The van der Waals surface area contributed by atoms with Crippen LogP contribution >= 0.6 is 15.9 Å². The molecule has 0 N–H and O–H groups in total. The summed E-state index contributed by atoms with van der Waals surface area (Å²) < 4.78 is 89.0. The molecule has 256 valence electrons. The molecule has 10 atom stereocenters. The van der Waals surface area contributed by atoms with Gasteiger partial charge in [0, 0.05) is 16.2 Å². The zero-order chi connectivity index (χ0) is 33.6. The molecule has 5 aliphatic rings. The number of hydrogen-bond acceptors (Lipinski definition) is 4. The lowest BCUT2D eigenvalue weighted by atomic mass is 9.32. The van der Waals surface area contributed by atoms with E-state index in [-0.39, 0.29) is 46.5 Å². The molecule has 0 aromatic heterocycles. The highest BCUT2D eigenvalue weighted by atomic mass is 79.9. The van der Waals surface area contributed by atoms with Gasteiger partial charge in [-0.3, -0.25) is 0 Å². The lowest BCUT2D eigenvalue weighted by Gasteiger charge is -2.73. The number of rotatable bonds is 5. The molecule has 0 aromatic carbocycles. The molecule has 11 heteroatoms. The van der Waals surface area contributed by atoms with E-state index in [1.165, 1.54) is 0 Å². The molecule has 5 saturated carbocycles. The van der Waals surface area contributed by atoms with Gasteiger partial charge in [0.2, 0.25) is 0 Å². The summed E-state index contributed by atoms with van der Waals surface area (Å²) in [6.07, 6.45) is -3.39. The smallest absolute Gasteiger partial charge is 0.458 e. The minimum absolute atomic E-state index is 0.0413. The number of esters is 2. The number of fused-ring (bicyclic) bond motifs is 7.